The van der Waals surface area contributed by atoms with Gasteiger partial charge in [0.05, 0.1) is 16.3 Å². The summed E-state index contributed by atoms with van der Waals surface area (Å²) in [4.78, 5) is 30.8. The van der Waals surface area contributed by atoms with E-state index in [0.717, 1.165) is 34.2 Å². The third kappa shape index (κ3) is 3.96. The van der Waals surface area contributed by atoms with Gasteiger partial charge in [-0.1, -0.05) is 29.8 Å². The lowest BCUT2D eigenvalue weighted by Gasteiger charge is -2.21. The van der Waals surface area contributed by atoms with E-state index in [-0.39, 0.29) is 11.6 Å². The van der Waals surface area contributed by atoms with Gasteiger partial charge in [-0.25, -0.2) is 4.90 Å². The second-order valence-electron chi connectivity index (χ2n) is 6.97. The third-order valence-corrected chi connectivity index (χ3v) is 6.42. The number of nitrogens with zero attached hydrogens (tertiary/aromatic N) is 2. The van der Waals surface area contributed by atoms with Crippen LogP contribution in [-0.2, 0) is 9.59 Å². The highest BCUT2D eigenvalue weighted by atomic mass is 35.5. The Morgan fingerprint density at radius 2 is 1.65 bits per heavy atom. The lowest BCUT2D eigenvalue weighted by Crippen LogP contribution is -2.32. The maximum absolute atomic E-state index is 13.4. The van der Waals surface area contributed by atoms with Crippen LogP contribution in [0.25, 0.3) is 5.57 Å². The minimum atomic E-state index is -0.422. The van der Waals surface area contributed by atoms with Crippen molar-refractivity contribution in [1.29, 1.82) is 0 Å². The van der Waals surface area contributed by atoms with E-state index in [4.69, 9.17) is 11.6 Å². The zero-order valence-corrected chi connectivity index (χ0v) is 18.8. The quantitative estimate of drug-likeness (QED) is 0.472. The van der Waals surface area contributed by atoms with Gasteiger partial charge in [-0.3, -0.25) is 9.59 Å². The molecule has 2 aromatic carbocycles. The van der Waals surface area contributed by atoms with Gasteiger partial charge in [0, 0.05) is 29.3 Å². The van der Waals surface area contributed by atoms with Crippen LogP contribution in [0.4, 0.5) is 17.1 Å². The molecule has 158 valence electrons. The molecule has 0 atom stereocenters. The third-order valence-electron chi connectivity index (χ3n) is 5.21. The Labute approximate surface area is 190 Å². The van der Waals surface area contributed by atoms with Gasteiger partial charge in [0.15, 0.2) is 0 Å². The monoisotopic (exact) mass is 451 g/mol. The Bertz CT molecular complexity index is 1140. The minimum absolute atomic E-state index is 0.253. The number of carbonyl (C=O) groups is 2. The Kier molecular flexibility index (Phi) is 6.11. The summed E-state index contributed by atoms with van der Waals surface area (Å²) in [5.41, 5.74) is 2.83. The van der Waals surface area contributed by atoms with Crippen LogP contribution in [0.2, 0.25) is 5.02 Å². The molecule has 3 aromatic rings. The van der Waals surface area contributed by atoms with Crippen molar-refractivity contribution in [2.45, 2.75) is 13.8 Å². The van der Waals surface area contributed by atoms with Crippen LogP contribution in [0.15, 0.2) is 71.7 Å². The number of para-hydroxylation sites is 1. The smallest absolute Gasteiger partial charge is 0.282 e. The number of benzene rings is 2. The van der Waals surface area contributed by atoms with Crippen molar-refractivity contribution in [2.24, 2.45) is 0 Å². The molecular formula is C24H22ClN3O2S. The molecule has 31 heavy (non-hydrogen) atoms. The van der Waals surface area contributed by atoms with Crippen molar-refractivity contribution >= 4 is 57.4 Å². The zero-order valence-electron chi connectivity index (χ0n) is 17.3. The second-order valence-corrected chi connectivity index (χ2v) is 8.32. The average Bonchev–Trinajstić information content (AvgIpc) is 3.38. The number of carbonyl (C=O) groups excluding carboxylic acids is 2. The van der Waals surface area contributed by atoms with E-state index in [1.165, 1.54) is 11.3 Å². The van der Waals surface area contributed by atoms with Crippen molar-refractivity contribution in [1.82, 2.24) is 0 Å². The van der Waals surface area contributed by atoms with Crippen LogP contribution in [0.5, 0.6) is 0 Å². The summed E-state index contributed by atoms with van der Waals surface area (Å²) in [7, 11) is 0. The molecule has 0 saturated heterocycles. The molecule has 0 radical (unpaired) electrons. The van der Waals surface area contributed by atoms with Crippen molar-refractivity contribution in [2.75, 3.05) is 28.2 Å². The Hall–Kier alpha value is -3.09. The molecule has 0 fully saturated rings. The molecule has 0 spiro atoms. The van der Waals surface area contributed by atoms with Crippen LogP contribution in [0.1, 0.15) is 18.7 Å². The van der Waals surface area contributed by atoms with Gasteiger partial charge < -0.3 is 10.2 Å². The number of hydrogen-bond donors (Lipinski definition) is 1. The minimum Gasteiger partial charge on any atom is -0.372 e. The van der Waals surface area contributed by atoms with Gasteiger partial charge >= 0.3 is 0 Å². The van der Waals surface area contributed by atoms with Crippen LogP contribution in [0, 0.1) is 0 Å². The standard InChI is InChI=1S/C24H22ClN3O2S/c1-3-27(4-2)17-13-11-16(12-14-17)26-22-21(20-10-7-15-31-20)23(29)28(24(22)30)19-9-6-5-8-18(19)25/h5-15,26H,3-4H2,1-2H3. The highest BCUT2D eigenvalue weighted by Crippen LogP contribution is 2.38. The fraction of sp³-hybridized carbons (Fsp3) is 0.167. The molecule has 5 nitrogen and oxygen atoms in total. The van der Waals surface area contributed by atoms with Crippen LogP contribution < -0.4 is 15.1 Å². The molecule has 1 aliphatic heterocycles. The van der Waals surface area contributed by atoms with Crippen LogP contribution >= 0.6 is 22.9 Å². The highest BCUT2D eigenvalue weighted by Gasteiger charge is 2.41. The lowest BCUT2D eigenvalue weighted by molar-refractivity contribution is -0.120. The molecule has 1 N–H and O–H groups in total. The van der Waals surface area contributed by atoms with Gasteiger partial charge in [0.25, 0.3) is 11.8 Å². The summed E-state index contributed by atoms with van der Waals surface area (Å²) in [5, 5.41) is 5.42. The van der Waals surface area contributed by atoms with Gasteiger partial charge in [-0.05, 0) is 61.7 Å². The highest BCUT2D eigenvalue weighted by molar-refractivity contribution is 7.11. The predicted octanol–water partition coefficient (Wildman–Crippen LogP) is 5.64. The number of halogens is 1. The number of rotatable bonds is 7. The number of anilines is 3. The first-order valence-electron chi connectivity index (χ1n) is 10.1. The first-order chi connectivity index (χ1) is 15.0. The fourth-order valence-electron chi connectivity index (χ4n) is 3.64. The van der Waals surface area contributed by atoms with E-state index < -0.39 is 5.91 Å². The molecule has 2 heterocycles. The summed E-state index contributed by atoms with van der Waals surface area (Å²) in [5.74, 6) is -0.808. The van der Waals surface area contributed by atoms with Crippen molar-refractivity contribution < 1.29 is 9.59 Å². The number of thiophene rings is 1. The van der Waals surface area contributed by atoms with E-state index in [0.29, 0.717) is 16.3 Å². The first kappa shape index (κ1) is 21.2. The van der Waals surface area contributed by atoms with E-state index >= 15 is 0 Å². The van der Waals surface area contributed by atoms with Crippen molar-refractivity contribution in [3.05, 3.63) is 81.6 Å². The summed E-state index contributed by atoms with van der Waals surface area (Å²) in [6.45, 7) is 6.05. The topological polar surface area (TPSA) is 52.7 Å². The predicted molar refractivity (Wildman–Crippen MR) is 129 cm³/mol. The average molecular weight is 452 g/mol. The SMILES string of the molecule is CCN(CC)c1ccc(NC2=C(c3cccs3)C(=O)N(c3ccccc3Cl)C2=O)cc1. The Morgan fingerprint density at radius 1 is 0.935 bits per heavy atom. The molecule has 7 heteroatoms. The van der Waals surface area contributed by atoms with Gasteiger partial charge in [-0.2, -0.15) is 0 Å². The van der Waals surface area contributed by atoms with Crippen LogP contribution in [0.3, 0.4) is 0 Å². The van der Waals surface area contributed by atoms with Crippen LogP contribution in [-0.4, -0.2) is 24.9 Å². The normalized spacial score (nSPS) is 13.8. The van der Waals surface area contributed by atoms with Crippen molar-refractivity contribution in [3.63, 3.8) is 0 Å². The van der Waals surface area contributed by atoms with E-state index in [1.54, 1.807) is 24.3 Å². The number of amides is 2. The molecule has 0 saturated carbocycles. The first-order valence-corrected chi connectivity index (χ1v) is 11.3. The second kappa shape index (κ2) is 8.96. The van der Waals surface area contributed by atoms with Gasteiger partial charge in [0.2, 0.25) is 0 Å². The maximum atomic E-state index is 13.4. The van der Waals surface area contributed by atoms with Gasteiger partial charge in [0.1, 0.15) is 5.70 Å². The molecule has 4 rings (SSSR count). The molecule has 1 aromatic heterocycles. The van der Waals surface area contributed by atoms with E-state index in [2.05, 4.69) is 24.1 Å². The Morgan fingerprint density at radius 3 is 2.26 bits per heavy atom. The molecule has 0 bridgehead atoms. The molecule has 0 aliphatic carbocycles. The van der Waals surface area contributed by atoms with Crippen molar-refractivity contribution in [3.8, 4) is 0 Å². The molecule has 1 aliphatic rings. The number of hydrogen-bond acceptors (Lipinski definition) is 5. The largest absolute Gasteiger partial charge is 0.372 e. The Balaban J connectivity index is 1.72. The summed E-state index contributed by atoms with van der Waals surface area (Å²) >= 11 is 7.72. The summed E-state index contributed by atoms with van der Waals surface area (Å²) < 4.78 is 0. The number of nitrogens with one attached hydrogen (secondary N) is 1. The molecular weight excluding hydrogens is 430 g/mol. The lowest BCUT2D eigenvalue weighted by atomic mass is 10.1. The number of imide groups is 1. The fourth-order valence-corrected chi connectivity index (χ4v) is 4.62. The summed E-state index contributed by atoms with van der Waals surface area (Å²) in [6.07, 6.45) is 0. The van der Waals surface area contributed by atoms with E-state index in [1.807, 2.05) is 41.8 Å². The van der Waals surface area contributed by atoms with Gasteiger partial charge in [-0.15, -0.1) is 11.3 Å². The molecule has 2 amide bonds. The van der Waals surface area contributed by atoms with E-state index in [9.17, 15) is 9.59 Å². The summed E-state index contributed by atoms with van der Waals surface area (Å²) in [6, 6.07) is 18.4. The molecule has 0 unspecified atom stereocenters. The zero-order chi connectivity index (χ0) is 22.0. The maximum Gasteiger partial charge on any atom is 0.282 e.